The SMILES string of the molecule is CCCCCCC/C=C/CCCCCCC[N+](C(CC)C(=O)[O-])(C(CC)C(=O)O)C(CC)C(=O)O. The van der Waals surface area contributed by atoms with E-state index in [4.69, 9.17) is 0 Å². The van der Waals surface area contributed by atoms with Gasteiger partial charge in [-0.2, -0.15) is 0 Å². The number of carbonyl (C=O) groups excluding carboxylic acids is 1. The number of aliphatic carboxylic acids is 3. The van der Waals surface area contributed by atoms with E-state index in [2.05, 4.69) is 19.1 Å². The van der Waals surface area contributed by atoms with Crippen LogP contribution in [0.4, 0.5) is 0 Å². The number of hydrogen-bond acceptors (Lipinski definition) is 4. The molecule has 0 aliphatic carbocycles. The third-order valence-corrected chi connectivity index (χ3v) is 7.30. The van der Waals surface area contributed by atoms with Gasteiger partial charge in [0.05, 0.1) is 12.5 Å². The van der Waals surface area contributed by atoms with Gasteiger partial charge in [0.15, 0.2) is 12.1 Å². The Balaban J connectivity index is 5.01. The smallest absolute Gasteiger partial charge is 0.362 e. The maximum Gasteiger partial charge on any atom is 0.362 e. The maximum atomic E-state index is 12.2. The van der Waals surface area contributed by atoms with Gasteiger partial charge in [0, 0.05) is 19.3 Å². The number of hydrogen-bond donors (Lipinski definition) is 2. The van der Waals surface area contributed by atoms with E-state index in [1.807, 2.05) is 0 Å². The molecule has 35 heavy (non-hydrogen) atoms. The van der Waals surface area contributed by atoms with Crippen LogP contribution >= 0.6 is 0 Å². The van der Waals surface area contributed by atoms with E-state index in [9.17, 15) is 29.7 Å². The second kappa shape index (κ2) is 19.3. The van der Waals surface area contributed by atoms with Crippen molar-refractivity contribution in [2.45, 2.75) is 142 Å². The number of carboxylic acids is 3. The molecule has 0 heterocycles. The van der Waals surface area contributed by atoms with Crippen LogP contribution in [0, 0.1) is 0 Å². The van der Waals surface area contributed by atoms with E-state index in [-0.39, 0.29) is 25.8 Å². The number of allylic oxidation sites excluding steroid dienone is 2. The molecular formula is C28H51NO6. The van der Waals surface area contributed by atoms with Crippen LogP contribution in [0.2, 0.25) is 0 Å². The van der Waals surface area contributed by atoms with Gasteiger partial charge in [-0.3, -0.25) is 4.48 Å². The van der Waals surface area contributed by atoms with Crippen LogP contribution in [0.5, 0.6) is 0 Å². The van der Waals surface area contributed by atoms with E-state index >= 15 is 0 Å². The van der Waals surface area contributed by atoms with Gasteiger partial charge in [0.25, 0.3) is 0 Å². The molecule has 7 nitrogen and oxygen atoms in total. The summed E-state index contributed by atoms with van der Waals surface area (Å²) in [6, 6.07) is -3.39. The summed E-state index contributed by atoms with van der Waals surface area (Å²) in [5.74, 6) is -3.67. The quantitative estimate of drug-likeness (QED) is 0.112. The average Bonchev–Trinajstić information content (AvgIpc) is 2.79. The van der Waals surface area contributed by atoms with Crippen molar-refractivity contribution in [3.05, 3.63) is 12.2 Å². The number of carbonyl (C=O) groups is 3. The second-order valence-electron chi connectivity index (χ2n) is 9.72. The Bertz CT molecular complexity index is 578. The predicted molar refractivity (Wildman–Crippen MR) is 138 cm³/mol. The minimum atomic E-state index is -1.37. The Labute approximate surface area is 213 Å². The molecule has 0 aromatic rings. The molecule has 0 fully saturated rings. The summed E-state index contributed by atoms with van der Waals surface area (Å²) in [5.41, 5.74) is 0. The van der Waals surface area contributed by atoms with E-state index < -0.39 is 40.5 Å². The summed E-state index contributed by atoms with van der Waals surface area (Å²) in [4.78, 5) is 36.5. The molecule has 0 bridgehead atoms. The van der Waals surface area contributed by atoms with Gasteiger partial charge in [0.2, 0.25) is 0 Å². The number of rotatable bonds is 23. The molecule has 2 N–H and O–H groups in total. The summed E-state index contributed by atoms with van der Waals surface area (Å²) in [5, 5.41) is 32.0. The highest BCUT2D eigenvalue weighted by Gasteiger charge is 2.53. The largest absolute Gasteiger partial charge is 0.544 e. The third-order valence-electron chi connectivity index (χ3n) is 7.30. The van der Waals surface area contributed by atoms with Gasteiger partial charge in [-0.1, -0.05) is 78.4 Å². The molecule has 0 amide bonds. The first kappa shape index (κ1) is 33.1. The van der Waals surface area contributed by atoms with Gasteiger partial charge < -0.3 is 20.1 Å². The van der Waals surface area contributed by atoms with Crippen molar-refractivity contribution in [2.24, 2.45) is 0 Å². The number of quaternary nitrogens is 1. The number of unbranched alkanes of at least 4 members (excludes halogenated alkanes) is 10. The molecule has 3 atom stereocenters. The zero-order chi connectivity index (χ0) is 26.7. The Morgan fingerprint density at radius 1 is 0.657 bits per heavy atom. The molecule has 0 aromatic carbocycles. The van der Waals surface area contributed by atoms with Crippen molar-refractivity contribution < 1.29 is 34.2 Å². The minimum Gasteiger partial charge on any atom is -0.544 e. The Kier molecular flexibility index (Phi) is 18.3. The lowest BCUT2D eigenvalue weighted by molar-refractivity contribution is -0.974. The predicted octanol–water partition coefficient (Wildman–Crippen LogP) is 5.32. The van der Waals surface area contributed by atoms with Gasteiger partial charge >= 0.3 is 11.9 Å². The minimum absolute atomic E-state index is 0.126. The zero-order valence-electron chi connectivity index (χ0n) is 22.7. The first-order valence-electron chi connectivity index (χ1n) is 13.9. The first-order chi connectivity index (χ1) is 16.7. The molecule has 204 valence electrons. The molecule has 0 aliphatic heterocycles. The normalized spacial score (nSPS) is 16.0. The molecular weight excluding hydrogens is 446 g/mol. The molecule has 3 unspecified atom stereocenters. The lowest BCUT2D eigenvalue weighted by atomic mass is 9.94. The Hall–Kier alpha value is -1.89. The van der Waals surface area contributed by atoms with Gasteiger partial charge in [-0.15, -0.1) is 0 Å². The highest BCUT2D eigenvalue weighted by molar-refractivity contribution is 5.77. The van der Waals surface area contributed by atoms with Gasteiger partial charge in [0.1, 0.15) is 6.04 Å². The average molecular weight is 498 g/mol. The van der Waals surface area contributed by atoms with E-state index in [1.54, 1.807) is 20.8 Å². The van der Waals surface area contributed by atoms with Crippen molar-refractivity contribution >= 4 is 17.9 Å². The van der Waals surface area contributed by atoms with Gasteiger partial charge in [-0.25, -0.2) is 9.59 Å². The van der Waals surface area contributed by atoms with Crippen molar-refractivity contribution in [3.63, 3.8) is 0 Å². The van der Waals surface area contributed by atoms with Gasteiger partial charge in [-0.05, 0) is 38.5 Å². The van der Waals surface area contributed by atoms with Crippen LogP contribution in [-0.4, -0.2) is 57.3 Å². The standard InChI is InChI=1S/C28H51NO6/c1-5-9-10-11-12-13-14-15-16-17-18-19-20-21-22-29(23(6-2)26(30)31,24(7-3)27(32)33)25(8-4)28(34)35/h14-15,23-25H,5-13,16-22H2,1-4H3,(H2-,30,31,32,33,34,35)/b15-14+. The fraction of sp³-hybridized carbons (Fsp3) is 0.821. The lowest BCUT2D eigenvalue weighted by Gasteiger charge is -2.51. The van der Waals surface area contributed by atoms with Crippen LogP contribution in [0.3, 0.4) is 0 Å². The third kappa shape index (κ3) is 11.1. The molecule has 0 spiro atoms. The number of carboxylic acid groups (broad SMARTS) is 3. The summed E-state index contributed by atoms with van der Waals surface area (Å²) in [6.07, 6.45) is 18.1. The molecule has 0 aromatic heterocycles. The van der Waals surface area contributed by atoms with E-state index in [0.717, 1.165) is 38.5 Å². The monoisotopic (exact) mass is 497 g/mol. The van der Waals surface area contributed by atoms with Crippen LogP contribution in [-0.2, 0) is 14.4 Å². The Morgan fingerprint density at radius 2 is 1.06 bits per heavy atom. The Morgan fingerprint density at radius 3 is 1.43 bits per heavy atom. The van der Waals surface area contributed by atoms with Crippen molar-refractivity contribution in [3.8, 4) is 0 Å². The summed E-state index contributed by atoms with van der Waals surface area (Å²) < 4.78 is -0.475. The molecule has 0 aliphatic rings. The number of nitrogens with zero attached hydrogens (tertiary/aromatic N) is 1. The topological polar surface area (TPSA) is 115 Å². The molecule has 7 heteroatoms. The summed E-state index contributed by atoms with van der Waals surface area (Å²) >= 11 is 0. The highest BCUT2D eigenvalue weighted by Crippen LogP contribution is 2.32. The van der Waals surface area contributed by atoms with E-state index in [1.165, 1.54) is 32.1 Å². The van der Waals surface area contributed by atoms with Crippen LogP contribution in [0.25, 0.3) is 0 Å². The second-order valence-corrected chi connectivity index (χ2v) is 9.72. The molecule has 0 saturated heterocycles. The van der Waals surface area contributed by atoms with E-state index in [0.29, 0.717) is 6.42 Å². The van der Waals surface area contributed by atoms with Crippen LogP contribution in [0.1, 0.15) is 124 Å². The molecule has 0 radical (unpaired) electrons. The first-order valence-corrected chi connectivity index (χ1v) is 13.9. The van der Waals surface area contributed by atoms with Crippen LogP contribution in [0.15, 0.2) is 12.2 Å². The fourth-order valence-corrected chi connectivity index (χ4v) is 5.54. The maximum absolute atomic E-state index is 12.2. The van der Waals surface area contributed by atoms with Crippen molar-refractivity contribution in [2.75, 3.05) is 6.54 Å². The van der Waals surface area contributed by atoms with Crippen molar-refractivity contribution in [1.82, 2.24) is 0 Å². The zero-order valence-corrected chi connectivity index (χ0v) is 22.7. The summed E-state index contributed by atoms with van der Waals surface area (Å²) in [7, 11) is 0. The van der Waals surface area contributed by atoms with Crippen molar-refractivity contribution in [1.29, 1.82) is 0 Å². The fourth-order valence-electron chi connectivity index (χ4n) is 5.54. The lowest BCUT2D eigenvalue weighted by Crippen LogP contribution is -2.73. The highest BCUT2D eigenvalue weighted by atomic mass is 16.4. The summed E-state index contributed by atoms with van der Waals surface area (Å²) in [6.45, 7) is 7.46. The van der Waals surface area contributed by atoms with Crippen LogP contribution < -0.4 is 5.11 Å². The molecule has 0 saturated carbocycles. The molecule has 0 rings (SSSR count).